The molecule has 0 aromatic heterocycles. The van der Waals surface area contributed by atoms with Gasteiger partial charge in [-0.1, -0.05) is 116 Å². The van der Waals surface area contributed by atoms with Gasteiger partial charge in [-0.15, -0.1) is 0 Å². The number of para-hydroxylation sites is 1. The molecule has 0 aliphatic rings. The van der Waals surface area contributed by atoms with Crippen molar-refractivity contribution in [3.8, 4) is 11.5 Å². The largest absolute Gasteiger partial charge is 0.493 e. The fraction of sp³-hybridized carbons (Fsp3) is 0.579. The first kappa shape index (κ1) is 41.7. The summed E-state index contributed by atoms with van der Waals surface area (Å²) in [7, 11) is 0. The highest BCUT2D eigenvalue weighted by molar-refractivity contribution is 6.01. The molecule has 50 heavy (non-hydrogen) atoms. The number of rotatable bonds is 24. The van der Waals surface area contributed by atoms with Crippen molar-refractivity contribution >= 4 is 29.6 Å². The number of anilines is 1. The van der Waals surface area contributed by atoms with E-state index in [1.54, 1.807) is 36.4 Å². The van der Waals surface area contributed by atoms with E-state index < -0.39 is 23.9 Å². The monoisotopic (exact) mass is 696 g/mol. The highest BCUT2D eigenvalue weighted by Crippen LogP contribution is 2.24. The van der Waals surface area contributed by atoms with Crippen molar-refractivity contribution in [2.45, 2.75) is 124 Å². The topological polar surface area (TPSA) is 159 Å². The second-order valence-corrected chi connectivity index (χ2v) is 12.4. The molecular formula is C38H60N6O6. The molecule has 0 unspecified atom stereocenters. The lowest BCUT2D eigenvalue weighted by Gasteiger charge is -2.15. The minimum absolute atomic E-state index is 0.123. The zero-order valence-corrected chi connectivity index (χ0v) is 30.4. The smallest absolute Gasteiger partial charge is 0.337 e. The molecule has 2 rings (SSSR count). The number of urea groups is 2. The molecule has 0 saturated heterocycles. The van der Waals surface area contributed by atoms with Crippen LogP contribution in [-0.4, -0.2) is 43.6 Å². The molecule has 0 radical (unpaired) electrons. The van der Waals surface area contributed by atoms with Crippen LogP contribution in [0.4, 0.5) is 15.3 Å². The quantitative estimate of drug-likeness (QED) is 0.0480. The van der Waals surface area contributed by atoms with E-state index in [1.165, 1.54) is 44.6 Å². The predicted molar refractivity (Wildman–Crippen MR) is 198 cm³/mol. The average molecular weight is 697 g/mol. The minimum Gasteiger partial charge on any atom is -0.493 e. The SMILES string of the molecule is CCCCCCCCOc1ccc(NC(=O)NNC(=O)c2ccccc2OCCCCCCCC)cc1C(=O)NNC(=O)NCCCCCC. The second kappa shape index (κ2) is 26.4. The Bertz CT molecular complexity index is 1290. The lowest BCUT2D eigenvalue weighted by molar-refractivity contribution is 0.0926. The summed E-state index contributed by atoms with van der Waals surface area (Å²) in [5.74, 6) is -0.396. The van der Waals surface area contributed by atoms with Gasteiger partial charge in [-0.2, -0.15) is 0 Å². The van der Waals surface area contributed by atoms with Crippen molar-refractivity contribution in [1.82, 2.24) is 27.0 Å². The maximum Gasteiger partial charge on any atom is 0.337 e. The summed E-state index contributed by atoms with van der Waals surface area (Å²) in [6, 6.07) is 10.2. The van der Waals surface area contributed by atoms with Crippen LogP contribution in [0.15, 0.2) is 42.5 Å². The van der Waals surface area contributed by atoms with Gasteiger partial charge in [-0.3, -0.25) is 20.4 Å². The van der Waals surface area contributed by atoms with Crippen molar-refractivity contribution in [1.29, 1.82) is 0 Å². The molecule has 0 spiro atoms. The van der Waals surface area contributed by atoms with Crippen LogP contribution in [0, 0.1) is 0 Å². The van der Waals surface area contributed by atoms with Gasteiger partial charge in [0, 0.05) is 12.2 Å². The zero-order valence-electron chi connectivity index (χ0n) is 30.4. The van der Waals surface area contributed by atoms with Crippen LogP contribution in [0.3, 0.4) is 0 Å². The van der Waals surface area contributed by atoms with Crippen molar-refractivity contribution < 1.29 is 28.7 Å². The Labute approximate surface area is 298 Å². The van der Waals surface area contributed by atoms with Gasteiger partial charge in [-0.05, 0) is 49.6 Å². The Hall–Kier alpha value is -4.48. The number of amides is 6. The first-order valence-corrected chi connectivity index (χ1v) is 18.6. The van der Waals surface area contributed by atoms with Gasteiger partial charge in [0.05, 0.1) is 24.3 Å². The number of benzene rings is 2. The molecule has 2 aromatic carbocycles. The average Bonchev–Trinajstić information content (AvgIpc) is 3.12. The Balaban J connectivity index is 1.96. The first-order valence-electron chi connectivity index (χ1n) is 18.6. The van der Waals surface area contributed by atoms with Crippen LogP contribution in [0.2, 0.25) is 0 Å². The van der Waals surface area contributed by atoms with E-state index in [0.717, 1.165) is 64.2 Å². The summed E-state index contributed by atoms with van der Waals surface area (Å²) in [5.41, 5.74) is 10.2. The van der Waals surface area contributed by atoms with Crippen molar-refractivity contribution in [2.24, 2.45) is 0 Å². The predicted octanol–water partition coefficient (Wildman–Crippen LogP) is 8.16. The summed E-state index contributed by atoms with van der Waals surface area (Å²) in [4.78, 5) is 51.0. The van der Waals surface area contributed by atoms with Crippen molar-refractivity contribution in [3.63, 3.8) is 0 Å². The fourth-order valence-corrected chi connectivity index (χ4v) is 5.14. The van der Waals surface area contributed by atoms with E-state index in [2.05, 4.69) is 53.1 Å². The van der Waals surface area contributed by atoms with E-state index in [0.29, 0.717) is 36.8 Å². The first-order chi connectivity index (χ1) is 24.4. The standard InChI is InChI=1S/C38H60N6O6/c1-4-7-10-13-15-20-27-49-33-23-18-17-22-31(33)35(45)41-44-38(48)40-30-24-25-34(50-28-21-16-14-11-8-5-2)32(29-30)36(46)42-43-37(47)39-26-19-12-9-6-3/h17-18,22-25,29H,4-16,19-21,26-28H2,1-3H3,(H,41,45)(H,42,46)(H2,39,43,47)(H2,40,44,48). The van der Waals surface area contributed by atoms with E-state index in [4.69, 9.17) is 9.47 Å². The van der Waals surface area contributed by atoms with Gasteiger partial charge in [0.15, 0.2) is 0 Å². The van der Waals surface area contributed by atoms with Crippen LogP contribution in [-0.2, 0) is 0 Å². The molecule has 0 atom stereocenters. The Kier molecular flexibility index (Phi) is 22.0. The fourth-order valence-electron chi connectivity index (χ4n) is 5.14. The van der Waals surface area contributed by atoms with Crippen molar-refractivity contribution in [3.05, 3.63) is 53.6 Å². The number of carbonyl (C=O) groups excluding carboxylic acids is 4. The van der Waals surface area contributed by atoms with Gasteiger partial charge in [0.25, 0.3) is 11.8 Å². The number of carbonyl (C=O) groups is 4. The summed E-state index contributed by atoms with van der Waals surface area (Å²) in [6.07, 6.45) is 17.3. The van der Waals surface area contributed by atoms with Crippen LogP contribution < -0.4 is 41.8 Å². The summed E-state index contributed by atoms with van der Waals surface area (Å²) < 4.78 is 11.8. The third-order valence-corrected chi connectivity index (χ3v) is 8.02. The number of hydrogen-bond donors (Lipinski definition) is 6. The van der Waals surface area contributed by atoms with Crippen LogP contribution in [0.25, 0.3) is 0 Å². The molecule has 0 aliphatic carbocycles. The van der Waals surface area contributed by atoms with Crippen LogP contribution in [0.5, 0.6) is 11.5 Å². The Morgan fingerprint density at radius 1 is 0.520 bits per heavy atom. The number of hydrogen-bond acceptors (Lipinski definition) is 6. The Morgan fingerprint density at radius 2 is 1.02 bits per heavy atom. The molecule has 12 heteroatoms. The maximum absolute atomic E-state index is 13.2. The third-order valence-electron chi connectivity index (χ3n) is 8.02. The van der Waals surface area contributed by atoms with E-state index in [1.807, 2.05) is 0 Å². The molecule has 6 amide bonds. The lowest BCUT2D eigenvalue weighted by atomic mass is 10.1. The minimum atomic E-state index is -0.725. The number of unbranched alkanes of at least 4 members (excludes halogenated alkanes) is 13. The molecule has 6 N–H and O–H groups in total. The number of hydrazine groups is 2. The molecule has 12 nitrogen and oxygen atoms in total. The van der Waals surface area contributed by atoms with Gasteiger partial charge in [0.1, 0.15) is 11.5 Å². The second-order valence-electron chi connectivity index (χ2n) is 12.4. The van der Waals surface area contributed by atoms with Crippen molar-refractivity contribution in [2.75, 3.05) is 25.1 Å². The highest BCUT2D eigenvalue weighted by atomic mass is 16.5. The van der Waals surface area contributed by atoms with Crippen LogP contribution in [0.1, 0.15) is 144 Å². The number of ether oxygens (including phenoxy) is 2. The van der Waals surface area contributed by atoms with Gasteiger partial charge >= 0.3 is 12.1 Å². The maximum atomic E-state index is 13.2. The summed E-state index contributed by atoms with van der Waals surface area (Å²) >= 11 is 0. The summed E-state index contributed by atoms with van der Waals surface area (Å²) in [6.45, 7) is 7.89. The molecule has 0 aliphatic heterocycles. The van der Waals surface area contributed by atoms with E-state index >= 15 is 0 Å². The molecule has 0 saturated carbocycles. The molecule has 2 aromatic rings. The lowest BCUT2D eigenvalue weighted by Crippen LogP contribution is -2.47. The van der Waals surface area contributed by atoms with Gasteiger partial charge < -0.3 is 20.1 Å². The van der Waals surface area contributed by atoms with Crippen LogP contribution >= 0.6 is 0 Å². The molecule has 0 bridgehead atoms. The van der Waals surface area contributed by atoms with Gasteiger partial charge in [-0.25, -0.2) is 20.4 Å². The third kappa shape index (κ3) is 17.8. The summed E-state index contributed by atoms with van der Waals surface area (Å²) in [5, 5.41) is 5.34. The molecule has 0 fully saturated rings. The molecule has 278 valence electrons. The highest BCUT2D eigenvalue weighted by Gasteiger charge is 2.17. The normalized spacial score (nSPS) is 10.5. The van der Waals surface area contributed by atoms with E-state index in [-0.39, 0.29) is 11.3 Å². The molecule has 0 heterocycles. The zero-order chi connectivity index (χ0) is 36.2. The van der Waals surface area contributed by atoms with E-state index in [9.17, 15) is 19.2 Å². The van der Waals surface area contributed by atoms with Gasteiger partial charge in [0.2, 0.25) is 0 Å². The molecular weight excluding hydrogens is 636 g/mol. The number of nitrogens with one attached hydrogen (secondary N) is 6. The Morgan fingerprint density at radius 3 is 1.64 bits per heavy atom.